The summed E-state index contributed by atoms with van der Waals surface area (Å²) in [5, 5.41) is 1.33. The summed E-state index contributed by atoms with van der Waals surface area (Å²) in [6, 6.07) is 0. The van der Waals surface area contributed by atoms with Gasteiger partial charge in [-0.3, -0.25) is 14.4 Å². The maximum Gasteiger partial charge on any atom is 0.245 e. The zero-order chi connectivity index (χ0) is 38.6. The van der Waals surface area contributed by atoms with Gasteiger partial charge in [-0.2, -0.15) is 0 Å². The number of carbonyl (C=O) groups is 2. The number of hydrogen-bond acceptors (Lipinski definition) is 3. The van der Waals surface area contributed by atoms with E-state index in [4.69, 9.17) is 4.84 Å². The van der Waals surface area contributed by atoms with Crippen molar-refractivity contribution in [2.75, 3.05) is 14.2 Å². The summed E-state index contributed by atoms with van der Waals surface area (Å²) in [6.07, 6.45) is 50.5. The Hall–Kier alpha value is -0.900. The zero-order valence-corrected chi connectivity index (χ0v) is 36.9. The molecule has 314 valence electrons. The molecule has 2 fully saturated rings. The molecule has 0 aromatic rings. The number of rotatable bonds is 39. The monoisotopic (exact) mass is 746 g/mol. The minimum Gasteiger partial charge on any atom is -0.300 e. The van der Waals surface area contributed by atoms with Gasteiger partial charge in [0.2, 0.25) is 5.91 Å². The summed E-state index contributed by atoms with van der Waals surface area (Å²) in [5.74, 6) is 4.90. The summed E-state index contributed by atoms with van der Waals surface area (Å²) < 4.78 is 0. The molecule has 0 radical (unpaired) electrons. The van der Waals surface area contributed by atoms with Crippen LogP contribution in [0.4, 0.5) is 0 Å². The van der Waals surface area contributed by atoms with E-state index in [1.807, 2.05) is 0 Å². The lowest BCUT2D eigenvalue weighted by Crippen LogP contribution is -2.24. The fraction of sp³-hybridized carbons (Fsp3) is 0.959. The van der Waals surface area contributed by atoms with Crippen molar-refractivity contribution in [1.29, 1.82) is 0 Å². The predicted molar refractivity (Wildman–Crippen MR) is 231 cm³/mol. The zero-order valence-electron chi connectivity index (χ0n) is 36.9. The van der Waals surface area contributed by atoms with Crippen LogP contribution in [0.5, 0.6) is 0 Å². The molecule has 2 saturated carbocycles. The van der Waals surface area contributed by atoms with Crippen LogP contribution in [0, 0.1) is 23.7 Å². The normalized spacial score (nSPS) is 18.8. The molecule has 4 unspecified atom stereocenters. The average molecular weight is 746 g/mol. The van der Waals surface area contributed by atoms with Crippen LogP contribution in [-0.2, 0) is 14.4 Å². The maximum absolute atomic E-state index is 12.0. The quantitative estimate of drug-likeness (QED) is 0.0465. The fourth-order valence-corrected chi connectivity index (χ4v) is 8.54. The topological polar surface area (TPSA) is 46.6 Å². The van der Waals surface area contributed by atoms with Crippen LogP contribution in [0.25, 0.3) is 0 Å². The molecule has 0 aliphatic heterocycles. The minimum atomic E-state index is 0.0908. The van der Waals surface area contributed by atoms with E-state index in [2.05, 4.69) is 20.8 Å². The second-order valence-electron chi connectivity index (χ2n) is 17.7. The third kappa shape index (κ3) is 31.9. The predicted octanol–water partition coefficient (Wildman–Crippen LogP) is 15.9. The van der Waals surface area contributed by atoms with Crippen LogP contribution in [0.15, 0.2) is 0 Å². The molecule has 2 aliphatic carbocycles. The summed E-state index contributed by atoms with van der Waals surface area (Å²) in [5.41, 5.74) is 0. The number of ketones is 1. The van der Waals surface area contributed by atoms with Gasteiger partial charge in [0.15, 0.2) is 0 Å². The molecule has 2 aliphatic rings. The molecule has 0 spiro atoms. The molecule has 53 heavy (non-hydrogen) atoms. The van der Waals surface area contributed by atoms with Crippen molar-refractivity contribution in [3.05, 3.63) is 0 Å². The summed E-state index contributed by atoms with van der Waals surface area (Å²) >= 11 is 0. The van der Waals surface area contributed by atoms with Crippen molar-refractivity contribution in [1.82, 2.24) is 5.06 Å². The Balaban J connectivity index is 0.000000540. The van der Waals surface area contributed by atoms with E-state index in [0.717, 1.165) is 55.8 Å². The number of carbonyl (C=O) groups excluding carboxylic acids is 2. The average Bonchev–Trinajstić information content (AvgIpc) is 4.10. The van der Waals surface area contributed by atoms with E-state index in [9.17, 15) is 9.59 Å². The smallest absolute Gasteiger partial charge is 0.245 e. The van der Waals surface area contributed by atoms with Gasteiger partial charge >= 0.3 is 0 Å². The molecule has 0 bridgehead atoms. The van der Waals surface area contributed by atoms with Gasteiger partial charge in [0.1, 0.15) is 5.78 Å². The van der Waals surface area contributed by atoms with Gasteiger partial charge in [-0.05, 0) is 55.8 Å². The third-order valence-corrected chi connectivity index (χ3v) is 12.7. The van der Waals surface area contributed by atoms with Gasteiger partial charge in [-0.25, -0.2) is 5.06 Å². The SMILES string of the molecule is CCCCCCCCC1CC1CCCCCCCC(=O)N(C)OC.CCCCCCCCCC(=O)CCCCCCCC1CC1CCCCCCCC. The van der Waals surface area contributed by atoms with Crippen molar-refractivity contribution < 1.29 is 14.4 Å². The Kier molecular flexibility index (Phi) is 34.7. The molecule has 2 rings (SSSR count). The second-order valence-corrected chi connectivity index (χ2v) is 17.7. The van der Waals surface area contributed by atoms with Gasteiger partial charge in [0.25, 0.3) is 0 Å². The van der Waals surface area contributed by atoms with Gasteiger partial charge in [-0.1, -0.05) is 213 Å². The standard InChI is InChI=1S/C28H54O.C21H41NO2/c1-3-5-7-9-11-15-19-23-28(29)24-20-16-12-14-18-22-27-25-26(27)21-17-13-10-8-6-4-2;1-4-5-6-7-9-12-15-19-18-20(19)16-13-10-8-11-14-17-21(23)22(2)24-3/h26-27H,3-25H2,1-2H3;19-20H,4-18H2,1-3H3. The Labute approximate surface area is 332 Å². The van der Waals surface area contributed by atoms with E-state index in [1.54, 1.807) is 7.05 Å². The number of hydroxylamine groups is 2. The third-order valence-electron chi connectivity index (χ3n) is 12.7. The maximum atomic E-state index is 12.0. The summed E-state index contributed by atoms with van der Waals surface area (Å²) in [7, 11) is 3.22. The van der Waals surface area contributed by atoms with Gasteiger partial charge in [-0.15, -0.1) is 0 Å². The van der Waals surface area contributed by atoms with Crippen LogP contribution >= 0.6 is 0 Å². The Morgan fingerprint density at radius 1 is 0.415 bits per heavy atom. The summed E-state index contributed by atoms with van der Waals surface area (Å²) in [4.78, 5) is 28.4. The van der Waals surface area contributed by atoms with E-state index >= 15 is 0 Å². The molecule has 4 atom stereocenters. The Bertz CT molecular complexity index is 814. The van der Waals surface area contributed by atoms with E-state index in [-0.39, 0.29) is 5.91 Å². The van der Waals surface area contributed by atoms with Crippen LogP contribution in [-0.4, -0.2) is 30.9 Å². The van der Waals surface area contributed by atoms with Gasteiger partial charge in [0, 0.05) is 26.3 Å². The van der Waals surface area contributed by atoms with Crippen molar-refractivity contribution in [2.45, 2.75) is 265 Å². The molecule has 0 saturated heterocycles. The van der Waals surface area contributed by atoms with E-state index in [0.29, 0.717) is 12.2 Å². The first kappa shape index (κ1) is 50.1. The largest absolute Gasteiger partial charge is 0.300 e. The van der Waals surface area contributed by atoms with Crippen LogP contribution < -0.4 is 0 Å². The molecular weight excluding hydrogens is 651 g/mol. The number of Topliss-reactive ketones (excluding diaryl/α,β-unsaturated/α-hetero) is 1. The highest BCUT2D eigenvalue weighted by Crippen LogP contribution is 2.46. The lowest BCUT2D eigenvalue weighted by molar-refractivity contribution is -0.168. The van der Waals surface area contributed by atoms with Crippen molar-refractivity contribution in [2.24, 2.45) is 23.7 Å². The molecule has 4 nitrogen and oxygen atoms in total. The van der Waals surface area contributed by atoms with Crippen LogP contribution in [0.1, 0.15) is 265 Å². The molecule has 1 amide bonds. The summed E-state index contributed by atoms with van der Waals surface area (Å²) in [6.45, 7) is 6.85. The fourth-order valence-electron chi connectivity index (χ4n) is 8.54. The van der Waals surface area contributed by atoms with Crippen molar-refractivity contribution >= 4 is 11.7 Å². The molecular formula is C49H95NO3. The number of nitrogens with zero attached hydrogens (tertiary/aromatic N) is 1. The second kappa shape index (κ2) is 36.7. The lowest BCUT2D eigenvalue weighted by atomic mass is 10.0. The van der Waals surface area contributed by atoms with Gasteiger partial charge < -0.3 is 0 Å². The van der Waals surface area contributed by atoms with E-state index < -0.39 is 0 Å². The first-order chi connectivity index (χ1) is 26.0. The van der Waals surface area contributed by atoms with Gasteiger partial charge in [0.05, 0.1) is 7.11 Å². The highest BCUT2D eigenvalue weighted by molar-refractivity contribution is 5.78. The highest BCUT2D eigenvalue weighted by atomic mass is 16.7. The Morgan fingerprint density at radius 2 is 0.679 bits per heavy atom. The van der Waals surface area contributed by atoms with Crippen LogP contribution in [0.3, 0.4) is 0 Å². The molecule has 0 aromatic carbocycles. The number of hydrogen-bond donors (Lipinski definition) is 0. The Morgan fingerprint density at radius 3 is 0.981 bits per heavy atom. The lowest BCUT2D eigenvalue weighted by Gasteiger charge is -2.12. The first-order valence-corrected chi connectivity index (χ1v) is 24.3. The first-order valence-electron chi connectivity index (χ1n) is 24.3. The van der Waals surface area contributed by atoms with E-state index in [1.165, 1.54) is 218 Å². The molecule has 0 heterocycles. The minimum absolute atomic E-state index is 0.0908. The highest BCUT2D eigenvalue weighted by Gasteiger charge is 2.35. The van der Waals surface area contributed by atoms with Crippen molar-refractivity contribution in [3.63, 3.8) is 0 Å². The van der Waals surface area contributed by atoms with Crippen LogP contribution in [0.2, 0.25) is 0 Å². The molecule has 0 N–H and O–H groups in total. The molecule has 4 heteroatoms. The number of amides is 1. The number of unbranched alkanes of at least 4 members (excludes halogenated alkanes) is 24. The van der Waals surface area contributed by atoms with Crippen molar-refractivity contribution in [3.8, 4) is 0 Å². The molecule has 0 aromatic heterocycles.